The Kier molecular flexibility index (Phi) is 3.64. The minimum Gasteiger partial charge on any atom is -0.461 e. The second-order valence-corrected chi connectivity index (χ2v) is 3.11. The first kappa shape index (κ1) is 10.7. The fourth-order valence-corrected chi connectivity index (χ4v) is 0.937. The molecule has 1 heterocycles. The summed E-state index contributed by atoms with van der Waals surface area (Å²) in [6, 6.07) is 0. The molecule has 5 heteroatoms. The molecular formula is C9H13NO4. The van der Waals surface area contributed by atoms with Gasteiger partial charge < -0.3 is 14.8 Å². The first-order valence-corrected chi connectivity index (χ1v) is 4.30. The number of cyclic esters (lactones) is 1. The van der Waals surface area contributed by atoms with Gasteiger partial charge in [-0.05, 0) is 6.92 Å². The smallest absolute Gasteiger partial charge is 0.332 e. The summed E-state index contributed by atoms with van der Waals surface area (Å²) >= 11 is 0. The van der Waals surface area contributed by atoms with E-state index in [1.807, 2.05) is 0 Å². The molecule has 1 unspecified atom stereocenters. The Morgan fingerprint density at radius 1 is 1.71 bits per heavy atom. The number of esters is 1. The number of ether oxygens (including phenoxy) is 2. The van der Waals surface area contributed by atoms with Gasteiger partial charge in [0.1, 0.15) is 19.3 Å². The fraction of sp³-hybridized carbons (Fsp3) is 0.556. The highest BCUT2D eigenvalue weighted by Gasteiger charge is 2.20. The summed E-state index contributed by atoms with van der Waals surface area (Å²) < 4.78 is 9.85. The van der Waals surface area contributed by atoms with Gasteiger partial charge in [-0.2, -0.15) is 0 Å². The Labute approximate surface area is 82.1 Å². The summed E-state index contributed by atoms with van der Waals surface area (Å²) in [5.41, 5.74) is 0.442. The number of rotatable bonds is 3. The molecule has 0 spiro atoms. The van der Waals surface area contributed by atoms with E-state index >= 15 is 0 Å². The Bertz CT molecular complexity index is 252. The molecule has 1 saturated heterocycles. The number of carbonyl (C=O) groups is 2. The maximum Gasteiger partial charge on any atom is 0.332 e. The molecule has 1 aliphatic heterocycles. The number of carbonyl (C=O) groups excluding carboxylic acids is 2. The summed E-state index contributed by atoms with van der Waals surface area (Å²) in [6.07, 6.45) is -0.254. The Hall–Kier alpha value is -1.36. The standard InChI is InChI=1S/C9H13NO4/c1-6(2)9(12)10-3-7-4-14-8(11)5-13-7/h7H,1,3-5H2,2H3,(H,10,12). The maximum atomic E-state index is 11.1. The number of amides is 1. The molecule has 0 aromatic carbocycles. The predicted molar refractivity (Wildman–Crippen MR) is 48.5 cm³/mol. The molecule has 14 heavy (non-hydrogen) atoms. The van der Waals surface area contributed by atoms with Crippen molar-refractivity contribution in [3.63, 3.8) is 0 Å². The molecule has 78 valence electrons. The third-order valence-corrected chi connectivity index (χ3v) is 1.75. The first-order valence-electron chi connectivity index (χ1n) is 4.30. The maximum absolute atomic E-state index is 11.1. The lowest BCUT2D eigenvalue weighted by Crippen LogP contribution is -2.41. The van der Waals surface area contributed by atoms with Gasteiger partial charge in [0.2, 0.25) is 5.91 Å². The van der Waals surface area contributed by atoms with Crippen LogP contribution in [0.5, 0.6) is 0 Å². The zero-order valence-corrected chi connectivity index (χ0v) is 8.04. The van der Waals surface area contributed by atoms with Gasteiger partial charge in [0, 0.05) is 12.1 Å². The number of hydrogen-bond donors (Lipinski definition) is 1. The molecule has 0 saturated carbocycles. The monoisotopic (exact) mass is 199 g/mol. The van der Waals surface area contributed by atoms with E-state index in [4.69, 9.17) is 9.47 Å². The zero-order valence-electron chi connectivity index (χ0n) is 8.04. The zero-order chi connectivity index (χ0) is 10.6. The summed E-state index contributed by atoms with van der Waals surface area (Å²) in [4.78, 5) is 21.7. The topological polar surface area (TPSA) is 64.6 Å². The van der Waals surface area contributed by atoms with Gasteiger partial charge in [-0.25, -0.2) is 4.79 Å². The van der Waals surface area contributed by atoms with Crippen molar-refractivity contribution >= 4 is 11.9 Å². The van der Waals surface area contributed by atoms with Crippen LogP contribution in [-0.4, -0.2) is 37.7 Å². The Morgan fingerprint density at radius 2 is 2.43 bits per heavy atom. The van der Waals surface area contributed by atoms with Gasteiger partial charge in [-0.15, -0.1) is 0 Å². The highest BCUT2D eigenvalue weighted by molar-refractivity contribution is 5.92. The third-order valence-electron chi connectivity index (χ3n) is 1.75. The van der Waals surface area contributed by atoms with Crippen LogP contribution in [-0.2, 0) is 19.1 Å². The second-order valence-electron chi connectivity index (χ2n) is 3.11. The molecule has 0 aromatic heterocycles. The first-order chi connectivity index (χ1) is 6.59. The van der Waals surface area contributed by atoms with E-state index in [1.165, 1.54) is 0 Å². The molecule has 0 aliphatic carbocycles. The van der Waals surface area contributed by atoms with E-state index in [9.17, 15) is 9.59 Å². The summed E-state index contributed by atoms with van der Waals surface area (Å²) in [7, 11) is 0. The van der Waals surface area contributed by atoms with Crippen molar-refractivity contribution < 1.29 is 19.1 Å². The van der Waals surface area contributed by atoms with Crippen LogP contribution in [0.1, 0.15) is 6.92 Å². The third kappa shape index (κ3) is 3.18. The summed E-state index contributed by atoms with van der Waals surface area (Å²) in [5, 5.41) is 2.61. The van der Waals surface area contributed by atoms with Gasteiger partial charge in [-0.1, -0.05) is 6.58 Å². The molecule has 1 rings (SSSR count). The van der Waals surface area contributed by atoms with Gasteiger partial charge in [0.15, 0.2) is 0 Å². The van der Waals surface area contributed by atoms with Crippen molar-refractivity contribution in [1.29, 1.82) is 0 Å². The quantitative estimate of drug-likeness (QED) is 0.497. The SMILES string of the molecule is C=C(C)C(=O)NCC1COC(=O)CO1. The van der Waals surface area contributed by atoms with Gasteiger partial charge in [0.05, 0.1) is 0 Å². The predicted octanol–water partition coefficient (Wildman–Crippen LogP) is -0.379. The molecule has 0 bridgehead atoms. The van der Waals surface area contributed by atoms with Crippen LogP contribution in [0.25, 0.3) is 0 Å². The van der Waals surface area contributed by atoms with Crippen LogP contribution >= 0.6 is 0 Å². The van der Waals surface area contributed by atoms with Crippen LogP contribution in [0.3, 0.4) is 0 Å². The normalized spacial score (nSPS) is 21.2. The van der Waals surface area contributed by atoms with Crippen LogP contribution < -0.4 is 5.32 Å². The molecule has 1 amide bonds. The molecule has 1 aliphatic rings. The summed E-state index contributed by atoms with van der Waals surface area (Å²) in [5.74, 6) is -0.585. The molecule has 1 atom stereocenters. The molecule has 0 aromatic rings. The van der Waals surface area contributed by atoms with Crippen molar-refractivity contribution in [1.82, 2.24) is 5.32 Å². The van der Waals surface area contributed by atoms with Crippen molar-refractivity contribution in [2.45, 2.75) is 13.0 Å². The van der Waals surface area contributed by atoms with Gasteiger partial charge in [0.25, 0.3) is 0 Å². The average Bonchev–Trinajstić information content (AvgIpc) is 2.16. The lowest BCUT2D eigenvalue weighted by Gasteiger charge is -2.22. The Morgan fingerprint density at radius 3 is 2.93 bits per heavy atom. The lowest BCUT2D eigenvalue weighted by atomic mass is 10.3. The van der Waals surface area contributed by atoms with Gasteiger partial charge >= 0.3 is 5.97 Å². The van der Waals surface area contributed by atoms with E-state index in [2.05, 4.69) is 11.9 Å². The van der Waals surface area contributed by atoms with E-state index in [0.29, 0.717) is 12.1 Å². The van der Waals surface area contributed by atoms with Crippen LogP contribution in [0.2, 0.25) is 0 Å². The van der Waals surface area contributed by atoms with E-state index < -0.39 is 0 Å². The van der Waals surface area contributed by atoms with Crippen molar-refractivity contribution in [3.8, 4) is 0 Å². The molecule has 5 nitrogen and oxygen atoms in total. The average molecular weight is 199 g/mol. The highest BCUT2D eigenvalue weighted by atomic mass is 16.6. The minimum absolute atomic E-state index is 0.0480. The van der Waals surface area contributed by atoms with Crippen LogP contribution in [0, 0.1) is 0 Å². The van der Waals surface area contributed by atoms with Crippen molar-refractivity contribution in [2.24, 2.45) is 0 Å². The highest BCUT2D eigenvalue weighted by Crippen LogP contribution is 2.00. The molecule has 1 N–H and O–H groups in total. The second kappa shape index (κ2) is 4.76. The molecular weight excluding hydrogens is 186 g/mol. The van der Waals surface area contributed by atoms with Gasteiger partial charge in [-0.3, -0.25) is 4.79 Å². The molecule has 1 fully saturated rings. The summed E-state index contributed by atoms with van der Waals surface area (Å²) in [6.45, 7) is 5.59. The van der Waals surface area contributed by atoms with Crippen molar-refractivity contribution in [2.75, 3.05) is 19.8 Å². The largest absolute Gasteiger partial charge is 0.461 e. The van der Waals surface area contributed by atoms with E-state index in [-0.39, 0.29) is 31.2 Å². The Balaban J connectivity index is 2.22. The number of hydrogen-bond acceptors (Lipinski definition) is 4. The molecule has 0 radical (unpaired) electrons. The lowest BCUT2D eigenvalue weighted by molar-refractivity contribution is -0.167. The van der Waals surface area contributed by atoms with E-state index in [0.717, 1.165) is 0 Å². The fourth-order valence-electron chi connectivity index (χ4n) is 0.937. The van der Waals surface area contributed by atoms with Crippen LogP contribution in [0.4, 0.5) is 0 Å². The van der Waals surface area contributed by atoms with Crippen molar-refractivity contribution in [3.05, 3.63) is 12.2 Å². The van der Waals surface area contributed by atoms with E-state index in [1.54, 1.807) is 6.92 Å². The minimum atomic E-state index is -0.368. The number of nitrogens with one attached hydrogen (secondary N) is 1. The van der Waals surface area contributed by atoms with Crippen LogP contribution in [0.15, 0.2) is 12.2 Å².